The van der Waals surface area contributed by atoms with Crippen molar-refractivity contribution in [2.45, 2.75) is 298 Å². The fourth-order valence-electron chi connectivity index (χ4n) is 7.96. The Morgan fingerprint density at radius 2 is 0.644 bits per heavy atom. The van der Waals surface area contributed by atoms with E-state index >= 15 is 0 Å². The van der Waals surface area contributed by atoms with Crippen LogP contribution in [0.5, 0.6) is 0 Å². The fourth-order valence-corrected chi connectivity index (χ4v) is 7.96. The first-order valence-corrected chi connectivity index (χ1v) is 26.3. The lowest BCUT2D eigenvalue weighted by Gasteiger charge is -2.18. The number of carbonyl (C=O) groups excluding carboxylic acids is 3. The highest BCUT2D eigenvalue weighted by molar-refractivity contribution is 5.71. The van der Waals surface area contributed by atoms with Gasteiger partial charge in [-0.05, 0) is 31.1 Å². The lowest BCUT2D eigenvalue weighted by molar-refractivity contribution is -0.167. The summed E-state index contributed by atoms with van der Waals surface area (Å²) in [6.07, 6.45) is 46.6. The summed E-state index contributed by atoms with van der Waals surface area (Å²) in [6, 6.07) is 0. The van der Waals surface area contributed by atoms with Crippen LogP contribution in [0, 0.1) is 11.8 Å². The van der Waals surface area contributed by atoms with Gasteiger partial charge in [-0.1, -0.05) is 253 Å². The van der Waals surface area contributed by atoms with E-state index in [1.807, 2.05) is 0 Å². The van der Waals surface area contributed by atoms with Crippen molar-refractivity contribution in [3.63, 3.8) is 0 Å². The van der Waals surface area contributed by atoms with Crippen LogP contribution in [0.15, 0.2) is 0 Å². The van der Waals surface area contributed by atoms with Crippen LogP contribution in [0.25, 0.3) is 0 Å². The van der Waals surface area contributed by atoms with Crippen LogP contribution < -0.4 is 0 Å². The molecule has 0 fully saturated rings. The van der Waals surface area contributed by atoms with Crippen LogP contribution in [0.4, 0.5) is 0 Å². The summed E-state index contributed by atoms with van der Waals surface area (Å²) in [7, 11) is 0. The molecule has 0 N–H and O–H groups in total. The molecule has 0 heterocycles. The third-order valence-electron chi connectivity index (χ3n) is 12.3. The van der Waals surface area contributed by atoms with Gasteiger partial charge in [-0.25, -0.2) is 0 Å². The van der Waals surface area contributed by atoms with Crippen molar-refractivity contribution in [1.82, 2.24) is 0 Å². The fraction of sp³-hybridized carbons (Fsp3) is 0.943. The van der Waals surface area contributed by atoms with E-state index in [2.05, 4.69) is 34.6 Å². The minimum Gasteiger partial charge on any atom is -0.462 e. The Hall–Kier alpha value is -1.59. The lowest BCUT2D eigenvalue weighted by atomic mass is 9.99. The van der Waals surface area contributed by atoms with Crippen molar-refractivity contribution >= 4 is 17.9 Å². The summed E-state index contributed by atoms with van der Waals surface area (Å²) < 4.78 is 16.8. The van der Waals surface area contributed by atoms with Crippen molar-refractivity contribution in [1.29, 1.82) is 0 Å². The van der Waals surface area contributed by atoms with Gasteiger partial charge in [-0.15, -0.1) is 0 Å². The SMILES string of the molecule is CCCCCCCCCCCCCCCCCCC(=O)OC[C@H](COC(=O)CCCCCCCCCCCCC(C)C)OC(=O)CCCCCCCCCCC(C)CC. The number of unbranched alkanes of at least 4 members (excludes halogenated alkanes) is 31. The van der Waals surface area contributed by atoms with Crippen molar-refractivity contribution in [2.75, 3.05) is 13.2 Å². The van der Waals surface area contributed by atoms with Crippen LogP contribution in [0.3, 0.4) is 0 Å². The molecule has 0 spiro atoms. The van der Waals surface area contributed by atoms with Crippen molar-refractivity contribution in [2.24, 2.45) is 11.8 Å². The molecule has 2 atom stereocenters. The Kier molecular flexibility index (Phi) is 44.7. The molecule has 6 nitrogen and oxygen atoms in total. The van der Waals surface area contributed by atoms with E-state index in [-0.39, 0.29) is 31.1 Å². The topological polar surface area (TPSA) is 78.9 Å². The van der Waals surface area contributed by atoms with Crippen molar-refractivity contribution in [3.8, 4) is 0 Å². The van der Waals surface area contributed by atoms with Gasteiger partial charge in [0.2, 0.25) is 0 Å². The highest BCUT2D eigenvalue weighted by atomic mass is 16.6. The minimum absolute atomic E-state index is 0.0640. The largest absolute Gasteiger partial charge is 0.462 e. The summed E-state index contributed by atoms with van der Waals surface area (Å²) >= 11 is 0. The van der Waals surface area contributed by atoms with E-state index < -0.39 is 6.10 Å². The molecule has 0 aromatic rings. The Balaban J connectivity index is 4.31. The quantitative estimate of drug-likeness (QED) is 0.0345. The number of carbonyl (C=O) groups is 3. The van der Waals surface area contributed by atoms with Gasteiger partial charge >= 0.3 is 17.9 Å². The maximum Gasteiger partial charge on any atom is 0.306 e. The second kappa shape index (κ2) is 45.9. The van der Waals surface area contributed by atoms with Gasteiger partial charge in [0.15, 0.2) is 6.10 Å². The smallest absolute Gasteiger partial charge is 0.306 e. The van der Waals surface area contributed by atoms with Gasteiger partial charge < -0.3 is 14.2 Å². The monoisotopic (exact) mass is 835 g/mol. The summed E-state index contributed by atoms with van der Waals surface area (Å²) in [5.74, 6) is 0.814. The Morgan fingerprint density at radius 3 is 0.966 bits per heavy atom. The first-order chi connectivity index (χ1) is 28.8. The molecular formula is C53H102O6. The zero-order valence-corrected chi connectivity index (χ0v) is 40.4. The second-order valence-electron chi connectivity index (χ2n) is 18.9. The molecular weight excluding hydrogens is 733 g/mol. The normalized spacial score (nSPS) is 12.5. The van der Waals surface area contributed by atoms with E-state index in [4.69, 9.17) is 14.2 Å². The molecule has 0 aliphatic rings. The molecule has 0 saturated carbocycles. The minimum atomic E-state index is -0.762. The maximum absolute atomic E-state index is 12.8. The molecule has 0 aromatic carbocycles. The van der Waals surface area contributed by atoms with Gasteiger partial charge in [0, 0.05) is 19.3 Å². The molecule has 0 bridgehead atoms. The summed E-state index contributed by atoms with van der Waals surface area (Å²) in [6.45, 7) is 11.4. The molecule has 59 heavy (non-hydrogen) atoms. The molecule has 350 valence electrons. The van der Waals surface area contributed by atoms with Crippen LogP contribution in [-0.4, -0.2) is 37.2 Å². The zero-order chi connectivity index (χ0) is 43.3. The number of ether oxygens (including phenoxy) is 3. The average molecular weight is 835 g/mol. The molecule has 0 radical (unpaired) electrons. The molecule has 6 heteroatoms. The van der Waals surface area contributed by atoms with Crippen molar-refractivity contribution in [3.05, 3.63) is 0 Å². The predicted octanol–water partition coefficient (Wildman–Crippen LogP) is 16.9. The van der Waals surface area contributed by atoms with E-state index in [1.165, 1.54) is 180 Å². The van der Waals surface area contributed by atoms with E-state index in [0.29, 0.717) is 19.3 Å². The van der Waals surface area contributed by atoms with Gasteiger partial charge in [0.05, 0.1) is 0 Å². The Bertz CT molecular complexity index is 902. The molecule has 1 unspecified atom stereocenters. The number of hydrogen-bond donors (Lipinski definition) is 0. The summed E-state index contributed by atoms with van der Waals surface area (Å²) in [4.78, 5) is 37.9. The second-order valence-corrected chi connectivity index (χ2v) is 18.9. The molecule has 0 aliphatic carbocycles. The van der Waals surface area contributed by atoms with E-state index in [0.717, 1.165) is 69.6 Å². The first kappa shape index (κ1) is 57.4. The summed E-state index contributed by atoms with van der Waals surface area (Å²) in [5, 5.41) is 0. The van der Waals surface area contributed by atoms with E-state index in [9.17, 15) is 14.4 Å². The highest BCUT2D eigenvalue weighted by Gasteiger charge is 2.19. The van der Waals surface area contributed by atoms with Crippen LogP contribution in [0.1, 0.15) is 291 Å². The van der Waals surface area contributed by atoms with Crippen LogP contribution >= 0.6 is 0 Å². The molecule has 0 aliphatic heterocycles. The van der Waals surface area contributed by atoms with Gasteiger partial charge in [0.1, 0.15) is 13.2 Å². The first-order valence-electron chi connectivity index (χ1n) is 26.3. The summed E-state index contributed by atoms with van der Waals surface area (Å²) in [5.41, 5.74) is 0. The Morgan fingerprint density at radius 1 is 0.356 bits per heavy atom. The molecule has 0 rings (SSSR count). The van der Waals surface area contributed by atoms with Gasteiger partial charge in [-0.2, -0.15) is 0 Å². The number of hydrogen-bond acceptors (Lipinski definition) is 6. The lowest BCUT2D eigenvalue weighted by Crippen LogP contribution is -2.30. The third kappa shape index (κ3) is 45.8. The highest BCUT2D eigenvalue weighted by Crippen LogP contribution is 2.18. The van der Waals surface area contributed by atoms with Gasteiger partial charge in [0.25, 0.3) is 0 Å². The zero-order valence-electron chi connectivity index (χ0n) is 40.4. The number of esters is 3. The maximum atomic E-state index is 12.8. The molecule has 0 saturated heterocycles. The molecule has 0 aromatic heterocycles. The van der Waals surface area contributed by atoms with Crippen molar-refractivity contribution < 1.29 is 28.6 Å². The molecule has 0 amide bonds. The van der Waals surface area contributed by atoms with E-state index in [1.54, 1.807) is 0 Å². The van der Waals surface area contributed by atoms with Crippen LogP contribution in [0.2, 0.25) is 0 Å². The number of rotatable bonds is 47. The standard InChI is InChI=1S/C53H102O6/c1-6-8-9-10-11-12-13-14-15-16-17-18-22-28-33-38-43-51(54)57-46-50(59-53(56)45-40-35-30-25-24-27-32-37-42-49(5)7-2)47-58-52(55)44-39-34-29-23-20-19-21-26-31-36-41-48(3)4/h48-50H,6-47H2,1-5H3/t49?,50-/m1/s1. The Labute approximate surface area is 368 Å². The third-order valence-corrected chi connectivity index (χ3v) is 12.3. The van der Waals surface area contributed by atoms with Gasteiger partial charge in [-0.3, -0.25) is 14.4 Å². The van der Waals surface area contributed by atoms with Crippen LogP contribution in [-0.2, 0) is 28.6 Å². The predicted molar refractivity (Wildman–Crippen MR) is 252 cm³/mol. The average Bonchev–Trinajstić information content (AvgIpc) is 3.22.